The smallest absolute Gasteiger partial charge is 0.248 e. The summed E-state index contributed by atoms with van der Waals surface area (Å²) in [7, 11) is 0. The second kappa shape index (κ2) is 4.66. The molecule has 0 saturated heterocycles. The lowest BCUT2D eigenvalue weighted by molar-refractivity contribution is 0.0996. The number of primary amides is 1. The van der Waals surface area contributed by atoms with Gasteiger partial charge in [-0.05, 0) is 17.0 Å². The van der Waals surface area contributed by atoms with E-state index >= 15 is 0 Å². The van der Waals surface area contributed by atoms with Crippen molar-refractivity contribution in [2.75, 3.05) is 6.61 Å². The van der Waals surface area contributed by atoms with Gasteiger partial charge in [-0.1, -0.05) is 39.0 Å². The van der Waals surface area contributed by atoms with E-state index in [9.17, 15) is 9.90 Å². The van der Waals surface area contributed by atoms with Crippen LogP contribution in [0.25, 0.3) is 0 Å². The third-order valence-electron chi connectivity index (χ3n) is 2.83. The molecule has 0 aliphatic heterocycles. The molecule has 3 nitrogen and oxygen atoms in total. The van der Waals surface area contributed by atoms with Gasteiger partial charge in [-0.15, -0.1) is 0 Å². The maximum absolute atomic E-state index is 11.3. The van der Waals surface area contributed by atoms with Gasteiger partial charge in [-0.25, -0.2) is 0 Å². The minimum absolute atomic E-state index is 0.00773. The Bertz CT molecular complexity index is 380. The van der Waals surface area contributed by atoms with E-state index < -0.39 is 5.91 Å². The van der Waals surface area contributed by atoms with Gasteiger partial charge in [0.15, 0.2) is 0 Å². The number of hydrogen-bond donors (Lipinski definition) is 2. The molecule has 0 fully saturated rings. The molecule has 1 rings (SSSR count). The summed E-state index contributed by atoms with van der Waals surface area (Å²) in [5.41, 5.74) is 6.54. The molecule has 1 aromatic rings. The van der Waals surface area contributed by atoms with Crippen molar-refractivity contribution >= 4 is 5.91 Å². The molecule has 1 amide bonds. The van der Waals surface area contributed by atoms with Crippen LogP contribution < -0.4 is 5.73 Å². The average molecular weight is 221 g/mol. The number of benzene rings is 1. The number of rotatable bonds is 3. The lowest BCUT2D eigenvalue weighted by Crippen LogP contribution is -2.25. The maximum Gasteiger partial charge on any atom is 0.248 e. The van der Waals surface area contributed by atoms with Crippen molar-refractivity contribution < 1.29 is 9.90 Å². The first kappa shape index (κ1) is 12.7. The summed E-state index contributed by atoms with van der Waals surface area (Å²) in [6, 6.07) is 7.19. The van der Waals surface area contributed by atoms with Crippen LogP contribution in [0.4, 0.5) is 0 Å². The summed E-state index contributed by atoms with van der Waals surface area (Å²) in [5, 5.41) is 9.47. The summed E-state index contributed by atoms with van der Waals surface area (Å²) in [5.74, 6) is -0.533. The maximum atomic E-state index is 11.3. The molecule has 3 N–H and O–H groups in total. The van der Waals surface area contributed by atoms with E-state index in [1.54, 1.807) is 12.1 Å². The monoisotopic (exact) mass is 221 g/mol. The number of aliphatic hydroxyl groups excluding tert-OH is 1. The van der Waals surface area contributed by atoms with E-state index in [4.69, 9.17) is 5.73 Å². The molecule has 3 heteroatoms. The van der Waals surface area contributed by atoms with E-state index in [0.717, 1.165) is 5.56 Å². The quantitative estimate of drug-likeness (QED) is 0.819. The molecule has 0 unspecified atom stereocenters. The summed E-state index contributed by atoms with van der Waals surface area (Å²) in [6.45, 7) is 6.11. The zero-order valence-electron chi connectivity index (χ0n) is 10.0. The van der Waals surface area contributed by atoms with Gasteiger partial charge in [-0.3, -0.25) is 4.79 Å². The summed E-state index contributed by atoms with van der Waals surface area (Å²) >= 11 is 0. The molecule has 88 valence electrons. The van der Waals surface area contributed by atoms with Gasteiger partial charge in [-0.2, -0.15) is 0 Å². The molecule has 0 bridgehead atoms. The number of carbonyl (C=O) groups excluding carboxylic acids is 1. The average Bonchev–Trinajstić information content (AvgIpc) is 2.17. The predicted octanol–water partition coefficient (Wildman–Crippen LogP) is 1.91. The van der Waals surface area contributed by atoms with E-state index in [1.807, 2.05) is 32.9 Å². The van der Waals surface area contributed by atoms with Crippen molar-refractivity contribution in [2.24, 2.45) is 11.1 Å². The highest BCUT2D eigenvalue weighted by molar-refractivity contribution is 5.94. The molecular weight excluding hydrogens is 202 g/mol. The summed E-state index contributed by atoms with van der Waals surface area (Å²) < 4.78 is 0. The SMILES string of the molecule is CC(C)(C)[C@H](CO)c1ccccc1C(N)=O. The number of carbonyl (C=O) groups is 1. The third-order valence-corrected chi connectivity index (χ3v) is 2.83. The molecule has 16 heavy (non-hydrogen) atoms. The first-order chi connectivity index (χ1) is 7.38. The van der Waals surface area contributed by atoms with Crippen LogP contribution in [0.1, 0.15) is 42.6 Å². The van der Waals surface area contributed by atoms with Crippen molar-refractivity contribution in [1.82, 2.24) is 0 Å². The molecule has 0 heterocycles. The first-order valence-electron chi connectivity index (χ1n) is 5.37. The fraction of sp³-hybridized carbons (Fsp3) is 0.462. The molecule has 1 atom stereocenters. The topological polar surface area (TPSA) is 63.3 Å². The molecule has 0 saturated carbocycles. The zero-order chi connectivity index (χ0) is 12.3. The van der Waals surface area contributed by atoms with Gasteiger partial charge in [0, 0.05) is 11.5 Å². The van der Waals surface area contributed by atoms with Crippen LogP contribution in [0.2, 0.25) is 0 Å². The van der Waals surface area contributed by atoms with Crippen molar-refractivity contribution in [3.63, 3.8) is 0 Å². The van der Waals surface area contributed by atoms with Crippen molar-refractivity contribution in [3.8, 4) is 0 Å². The lowest BCUT2D eigenvalue weighted by Gasteiger charge is -2.30. The highest BCUT2D eigenvalue weighted by atomic mass is 16.3. The second-order valence-corrected chi connectivity index (χ2v) is 5.05. The van der Waals surface area contributed by atoms with Crippen LogP contribution in [-0.4, -0.2) is 17.6 Å². The Morgan fingerprint density at radius 1 is 1.38 bits per heavy atom. The van der Waals surface area contributed by atoms with Crippen LogP contribution in [0.3, 0.4) is 0 Å². The summed E-state index contributed by atoms with van der Waals surface area (Å²) in [4.78, 5) is 11.3. The molecule has 0 spiro atoms. The van der Waals surface area contributed by atoms with Crippen LogP contribution in [0.15, 0.2) is 24.3 Å². The molecule has 0 aliphatic rings. The van der Waals surface area contributed by atoms with Crippen LogP contribution in [-0.2, 0) is 0 Å². The van der Waals surface area contributed by atoms with Crippen molar-refractivity contribution in [2.45, 2.75) is 26.7 Å². The number of hydrogen-bond acceptors (Lipinski definition) is 2. The first-order valence-corrected chi connectivity index (χ1v) is 5.37. The third kappa shape index (κ3) is 2.61. The van der Waals surface area contributed by atoms with Gasteiger partial charge in [0.1, 0.15) is 0 Å². The van der Waals surface area contributed by atoms with Gasteiger partial charge < -0.3 is 10.8 Å². The summed E-state index contributed by atoms with van der Waals surface area (Å²) in [6.07, 6.45) is 0. The Hall–Kier alpha value is -1.35. The predicted molar refractivity (Wildman–Crippen MR) is 64.2 cm³/mol. The Kier molecular flexibility index (Phi) is 3.70. The van der Waals surface area contributed by atoms with E-state index in [0.29, 0.717) is 5.56 Å². The van der Waals surface area contributed by atoms with Gasteiger partial charge >= 0.3 is 0 Å². The fourth-order valence-electron chi connectivity index (χ4n) is 1.86. The van der Waals surface area contributed by atoms with E-state index in [-0.39, 0.29) is 17.9 Å². The number of nitrogens with two attached hydrogens (primary N) is 1. The minimum Gasteiger partial charge on any atom is -0.396 e. The van der Waals surface area contributed by atoms with Crippen LogP contribution in [0, 0.1) is 5.41 Å². The Labute approximate surface area is 96.3 Å². The number of aliphatic hydroxyl groups is 1. The fourth-order valence-corrected chi connectivity index (χ4v) is 1.86. The lowest BCUT2D eigenvalue weighted by atomic mass is 9.75. The Balaban J connectivity index is 3.25. The largest absolute Gasteiger partial charge is 0.396 e. The van der Waals surface area contributed by atoms with Crippen molar-refractivity contribution in [1.29, 1.82) is 0 Å². The normalized spacial score (nSPS) is 13.5. The molecule has 0 radical (unpaired) electrons. The molecule has 0 aromatic heterocycles. The highest BCUT2D eigenvalue weighted by Crippen LogP contribution is 2.35. The molecule has 1 aromatic carbocycles. The molecule has 0 aliphatic carbocycles. The molecular formula is C13H19NO2. The van der Waals surface area contributed by atoms with E-state index in [1.165, 1.54) is 0 Å². The van der Waals surface area contributed by atoms with Crippen molar-refractivity contribution in [3.05, 3.63) is 35.4 Å². The number of amides is 1. The Morgan fingerprint density at radius 3 is 2.38 bits per heavy atom. The Morgan fingerprint density at radius 2 is 1.94 bits per heavy atom. The van der Waals surface area contributed by atoms with Gasteiger partial charge in [0.05, 0.1) is 6.61 Å². The minimum atomic E-state index is -0.446. The zero-order valence-corrected chi connectivity index (χ0v) is 10.0. The van der Waals surface area contributed by atoms with Gasteiger partial charge in [0.25, 0.3) is 0 Å². The van der Waals surface area contributed by atoms with Gasteiger partial charge in [0.2, 0.25) is 5.91 Å². The van der Waals surface area contributed by atoms with Crippen LogP contribution >= 0.6 is 0 Å². The second-order valence-electron chi connectivity index (χ2n) is 5.05. The van der Waals surface area contributed by atoms with Crippen LogP contribution in [0.5, 0.6) is 0 Å². The van der Waals surface area contributed by atoms with E-state index in [2.05, 4.69) is 0 Å². The standard InChI is InChI=1S/C13H19NO2/c1-13(2,3)11(8-15)9-6-4-5-7-10(9)12(14)16/h4-7,11,15H,8H2,1-3H3,(H2,14,16)/t11-/m1/s1. The highest BCUT2D eigenvalue weighted by Gasteiger charge is 2.28.